The Morgan fingerprint density at radius 1 is 1.24 bits per heavy atom. The van der Waals surface area contributed by atoms with E-state index in [1.165, 1.54) is 6.42 Å². The molecule has 0 radical (unpaired) electrons. The van der Waals surface area contributed by atoms with E-state index >= 15 is 0 Å². The van der Waals surface area contributed by atoms with Crippen molar-refractivity contribution >= 4 is 11.9 Å². The lowest BCUT2D eigenvalue weighted by atomic mass is 9.94. The summed E-state index contributed by atoms with van der Waals surface area (Å²) in [5, 5.41) is 7.88. The van der Waals surface area contributed by atoms with E-state index < -0.39 is 0 Å². The summed E-state index contributed by atoms with van der Waals surface area (Å²) in [7, 11) is 0. The van der Waals surface area contributed by atoms with Gasteiger partial charge in [0, 0.05) is 18.3 Å². The van der Waals surface area contributed by atoms with Crippen molar-refractivity contribution in [3.63, 3.8) is 0 Å². The Morgan fingerprint density at radius 3 is 2.47 bits per heavy atom. The molecule has 0 saturated heterocycles. The molecular weight excluding hydrogens is 208 g/mol. The van der Waals surface area contributed by atoms with Crippen molar-refractivity contribution < 1.29 is 0 Å². The normalized spacial score (nSPS) is 14.8. The van der Waals surface area contributed by atoms with Crippen LogP contribution in [0.1, 0.15) is 32.8 Å². The van der Waals surface area contributed by atoms with Crippen LogP contribution in [0, 0.1) is 17.2 Å². The van der Waals surface area contributed by atoms with E-state index in [-0.39, 0.29) is 0 Å². The molecule has 2 heteroatoms. The molecule has 1 rings (SSSR count). The van der Waals surface area contributed by atoms with Crippen LogP contribution in [0.25, 0.3) is 0 Å². The van der Waals surface area contributed by atoms with Crippen LogP contribution in [0.5, 0.6) is 0 Å². The van der Waals surface area contributed by atoms with E-state index in [0.717, 1.165) is 12.1 Å². The van der Waals surface area contributed by atoms with E-state index in [9.17, 15) is 0 Å². The third-order valence-corrected chi connectivity index (χ3v) is 3.31. The molecule has 0 aliphatic carbocycles. The zero-order valence-corrected chi connectivity index (χ0v) is 11.0. The minimum atomic E-state index is 0.488. The maximum absolute atomic E-state index is 7.88. The SMILES string of the molecule is CC[C@@H](C)C(C)CN=CC(=N)c1ccccc1. The highest BCUT2D eigenvalue weighted by atomic mass is 14.7. The zero-order chi connectivity index (χ0) is 12.7. The molecule has 0 amide bonds. The van der Waals surface area contributed by atoms with Gasteiger partial charge >= 0.3 is 0 Å². The molecule has 1 aromatic carbocycles. The van der Waals surface area contributed by atoms with Crippen LogP contribution in [-0.2, 0) is 0 Å². The van der Waals surface area contributed by atoms with E-state index in [2.05, 4.69) is 25.8 Å². The van der Waals surface area contributed by atoms with Gasteiger partial charge in [0.2, 0.25) is 0 Å². The Morgan fingerprint density at radius 2 is 1.88 bits per heavy atom. The summed E-state index contributed by atoms with van der Waals surface area (Å²) >= 11 is 0. The van der Waals surface area contributed by atoms with E-state index in [4.69, 9.17) is 5.41 Å². The van der Waals surface area contributed by atoms with E-state index in [0.29, 0.717) is 17.5 Å². The molecule has 2 atom stereocenters. The second kappa shape index (κ2) is 7.00. The fourth-order valence-electron chi connectivity index (χ4n) is 1.58. The standard InChI is InChI=1S/C15H22N2/c1-4-12(2)13(3)10-17-11-15(16)14-8-6-5-7-9-14/h5-9,11-13,16H,4,10H2,1-3H3/t12-,13?/m1/s1. The third kappa shape index (κ3) is 4.51. The molecule has 0 aromatic heterocycles. The molecule has 1 N–H and O–H groups in total. The lowest BCUT2D eigenvalue weighted by Gasteiger charge is -2.15. The summed E-state index contributed by atoms with van der Waals surface area (Å²) in [4.78, 5) is 4.37. The summed E-state index contributed by atoms with van der Waals surface area (Å²) in [5.74, 6) is 1.28. The average Bonchev–Trinajstić information content (AvgIpc) is 2.38. The summed E-state index contributed by atoms with van der Waals surface area (Å²) < 4.78 is 0. The number of aliphatic imine (C=N–C) groups is 1. The molecule has 0 bridgehead atoms. The number of nitrogens with one attached hydrogen (secondary N) is 1. The Hall–Kier alpha value is -1.44. The number of hydrogen-bond acceptors (Lipinski definition) is 2. The zero-order valence-electron chi connectivity index (χ0n) is 11.0. The van der Waals surface area contributed by atoms with Crippen molar-refractivity contribution in [1.82, 2.24) is 0 Å². The molecule has 2 nitrogen and oxygen atoms in total. The molecule has 0 heterocycles. The minimum Gasteiger partial charge on any atom is -0.299 e. The monoisotopic (exact) mass is 230 g/mol. The lowest BCUT2D eigenvalue weighted by molar-refractivity contribution is 0.387. The summed E-state index contributed by atoms with van der Waals surface area (Å²) in [6.45, 7) is 7.49. The number of hydrogen-bond donors (Lipinski definition) is 1. The summed E-state index contributed by atoms with van der Waals surface area (Å²) in [5.41, 5.74) is 1.41. The van der Waals surface area contributed by atoms with Gasteiger partial charge in [0.15, 0.2) is 0 Å². The van der Waals surface area contributed by atoms with Gasteiger partial charge in [0.1, 0.15) is 0 Å². The second-order valence-corrected chi connectivity index (χ2v) is 4.64. The summed E-state index contributed by atoms with van der Waals surface area (Å²) in [6.07, 6.45) is 2.86. The fourth-order valence-corrected chi connectivity index (χ4v) is 1.58. The lowest BCUT2D eigenvalue weighted by Crippen LogP contribution is -2.11. The van der Waals surface area contributed by atoms with Gasteiger partial charge in [0.05, 0.1) is 5.71 Å². The van der Waals surface area contributed by atoms with Gasteiger partial charge in [-0.2, -0.15) is 0 Å². The van der Waals surface area contributed by atoms with Gasteiger partial charge in [-0.1, -0.05) is 57.5 Å². The maximum atomic E-state index is 7.88. The average molecular weight is 230 g/mol. The van der Waals surface area contributed by atoms with Crippen molar-refractivity contribution in [1.29, 1.82) is 5.41 Å². The van der Waals surface area contributed by atoms with Crippen molar-refractivity contribution in [3.8, 4) is 0 Å². The van der Waals surface area contributed by atoms with Gasteiger partial charge in [0.25, 0.3) is 0 Å². The number of nitrogens with zero attached hydrogens (tertiary/aromatic N) is 1. The van der Waals surface area contributed by atoms with Crippen molar-refractivity contribution in [3.05, 3.63) is 35.9 Å². The van der Waals surface area contributed by atoms with Crippen LogP contribution in [0.15, 0.2) is 35.3 Å². The van der Waals surface area contributed by atoms with Gasteiger partial charge in [-0.05, 0) is 11.8 Å². The molecular formula is C15H22N2. The molecule has 92 valence electrons. The molecule has 0 spiro atoms. The predicted octanol–water partition coefficient (Wildman–Crippen LogP) is 3.81. The highest BCUT2D eigenvalue weighted by Gasteiger charge is 2.08. The van der Waals surface area contributed by atoms with Crippen molar-refractivity contribution in [2.75, 3.05) is 6.54 Å². The largest absolute Gasteiger partial charge is 0.299 e. The van der Waals surface area contributed by atoms with Crippen LogP contribution in [0.3, 0.4) is 0 Å². The molecule has 0 aliphatic heterocycles. The molecule has 0 fully saturated rings. The highest BCUT2D eigenvalue weighted by molar-refractivity contribution is 6.36. The van der Waals surface area contributed by atoms with E-state index in [1.807, 2.05) is 30.3 Å². The van der Waals surface area contributed by atoms with Crippen LogP contribution in [0.4, 0.5) is 0 Å². The fraction of sp³-hybridized carbons (Fsp3) is 0.467. The summed E-state index contributed by atoms with van der Waals surface area (Å²) in [6, 6.07) is 9.72. The Balaban J connectivity index is 2.47. The van der Waals surface area contributed by atoms with Crippen molar-refractivity contribution in [2.24, 2.45) is 16.8 Å². The van der Waals surface area contributed by atoms with Crippen LogP contribution < -0.4 is 0 Å². The Labute approximate surface area is 104 Å². The first-order valence-corrected chi connectivity index (χ1v) is 6.29. The van der Waals surface area contributed by atoms with Gasteiger partial charge in [-0.3, -0.25) is 10.4 Å². The van der Waals surface area contributed by atoms with Gasteiger partial charge in [-0.15, -0.1) is 0 Å². The quantitative estimate of drug-likeness (QED) is 0.722. The third-order valence-electron chi connectivity index (χ3n) is 3.31. The molecule has 17 heavy (non-hydrogen) atoms. The molecule has 1 aromatic rings. The predicted molar refractivity (Wildman–Crippen MR) is 75.2 cm³/mol. The number of rotatable bonds is 6. The number of benzene rings is 1. The van der Waals surface area contributed by atoms with Crippen molar-refractivity contribution in [2.45, 2.75) is 27.2 Å². The van der Waals surface area contributed by atoms with Gasteiger partial charge < -0.3 is 0 Å². The second-order valence-electron chi connectivity index (χ2n) is 4.64. The Bertz CT molecular complexity index is 368. The first-order valence-electron chi connectivity index (χ1n) is 6.29. The highest BCUT2D eigenvalue weighted by Crippen LogP contribution is 2.14. The first-order chi connectivity index (χ1) is 8.15. The van der Waals surface area contributed by atoms with Crippen LogP contribution >= 0.6 is 0 Å². The first kappa shape index (κ1) is 13.6. The smallest absolute Gasteiger partial charge is 0.0790 e. The maximum Gasteiger partial charge on any atom is 0.0790 e. The molecule has 0 aliphatic rings. The molecule has 1 unspecified atom stereocenters. The van der Waals surface area contributed by atoms with Crippen LogP contribution in [-0.4, -0.2) is 18.5 Å². The van der Waals surface area contributed by atoms with Crippen LogP contribution in [0.2, 0.25) is 0 Å². The Kier molecular flexibility index (Phi) is 5.61. The molecule has 0 saturated carbocycles. The topological polar surface area (TPSA) is 36.2 Å². The van der Waals surface area contributed by atoms with Gasteiger partial charge in [-0.25, -0.2) is 0 Å². The van der Waals surface area contributed by atoms with E-state index in [1.54, 1.807) is 6.21 Å². The minimum absolute atomic E-state index is 0.488.